The highest BCUT2D eigenvalue weighted by atomic mass is 16.2. The molecule has 2 fully saturated rings. The van der Waals surface area contributed by atoms with Crippen LogP contribution in [-0.4, -0.2) is 28.2 Å². The predicted octanol–water partition coefficient (Wildman–Crippen LogP) is 2.28. The predicted molar refractivity (Wildman–Crippen MR) is 87.1 cm³/mol. The van der Waals surface area contributed by atoms with E-state index in [1.165, 1.54) is 0 Å². The summed E-state index contributed by atoms with van der Waals surface area (Å²) in [5.74, 6) is -0.303. The molecular weight excluding hydrogens is 290 g/mol. The van der Waals surface area contributed by atoms with Gasteiger partial charge in [-0.1, -0.05) is 20.3 Å². The summed E-state index contributed by atoms with van der Waals surface area (Å²) in [4.78, 5) is 30.5. The molecule has 0 bridgehead atoms. The lowest BCUT2D eigenvalue weighted by Gasteiger charge is -2.55. The number of primary amides is 1. The molecule has 1 saturated heterocycles. The van der Waals surface area contributed by atoms with Crippen molar-refractivity contribution in [1.82, 2.24) is 9.88 Å². The van der Waals surface area contributed by atoms with Gasteiger partial charge in [0.1, 0.15) is 0 Å². The molecule has 1 aromatic rings. The van der Waals surface area contributed by atoms with Gasteiger partial charge in [0.05, 0.1) is 6.04 Å². The SMILES string of the molecule is CC1(C)CN(C(=O)C2CCCC(C(N)=O)C2)C1c1ccncc1. The second-order valence-corrected chi connectivity index (χ2v) is 7.60. The first-order valence-electron chi connectivity index (χ1n) is 8.40. The fraction of sp³-hybridized carbons (Fsp3) is 0.611. The van der Waals surface area contributed by atoms with Crippen LogP contribution in [-0.2, 0) is 9.59 Å². The molecule has 0 aromatic carbocycles. The Balaban J connectivity index is 1.76. The first kappa shape index (κ1) is 16.0. The van der Waals surface area contributed by atoms with Gasteiger partial charge in [0.25, 0.3) is 0 Å². The highest BCUT2D eigenvalue weighted by Gasteiger charge is 2.50. The van der Waals surface area contributed by atoms with Crippen LogP contribution in [0.2, 0.25) is 0 Å². The molecule has 2 heterocycles. The Hall–Kier alpha value is -1.91. The third-order valence-corrected chi connectivity index (χ3v) is 5.36. The Bertz CT molecular complexity index is 600. The van der Waals surface area contributed by atoms with Crippen LogP contribution in [0, 0.1) is 17.3 Å². The molecule has 1 saturated carbocycles. The number of pyridine rings is 1. The van der Waals surface area contributed by atoms with Crippen molar-refractivity contribution in [3.8, 4) is 0 Å². The standard InChI is InChI=1S/C18H25N3O2/c1-18(2)11-21(15(18)12-6-8-20-9-7-12)17(23)14-5-3-4-13(10-14)16(19)22/h6-9,13-15H,3-5,10-11H2,1-2H3,(H2,19,22). The fourth-order valence-electron chi connectivity index (χ4n) is 4.22. The second-order valence-electron chi connectivity index (χ2n) is 7.60. The maximum absolute atomic E-state index is 13.0. The molecule has 2 amide bonds. The number of hydrogen-bond donors (Lipinski definition) is 1. The number of nitrogens with zero attached hydrogens (tertiary/aromatic N) is 2. The van der Waals surface area contributed by atoms with E-state index in [0.717, 1.165) is 31.4 Å². The van der Waals surface area contributed by atoms with Crippen LogP contribution < -0.4 is 5.73 Å². The maximum atomic E-state index is 13.0. The topological polar surface area (TPSA) is 76.3 Å². The molecule has 2 N–H and O–H groups in total. The normalized spacial score (nSPS) is 29.7. The molecule has 3 rings (SSSR count). The highest BCUT2D eigenvalue weighted by molar-refractivity contribution is 5.83. The summed E-state index contributed by atoms with van der Waals surface area (Å²) in [7, 11) is 0. The van der Waals surface area contributed by atoms with Crippen molar-refractivity contribution in [3.63, 3.8) is 0 Å². The van der Waals surface area contributed by atoms with Gasteiger partial charge >= 0.3 is 0 Å². The van der Waals surface area contributed by atoms with Gasteiger partial charge in [-0.2, -0.15) is 0 Å². The van der Waals surface area contributed by atoms with Crippen molar-refractivity contribution in [2.24, 2.45) is 23.0 Å². The fourth-order valence-corrected chi connectivity index (χ4v) is 4.22. The molecule has 0 radical (unpaired) electrons. The molecule has 1 aliphatic carbocycles. The zero-order valence-corrected chi connectivity index (χ0v) is 13.9. The average Bonchev–Trinajstić information content (AvgIpc) is 2.53. The molecule has 3 atom stereocenters. The zero-order valence-electron chi connectivity index (χ0n) is 13.9. The van der Waals surface area contributed by atoms with Crippen molar-refractivity contribution < 1.29 is 9.59 Å². The molecule has 1 aromatic heterocycles. The second kappa shape index (κ2) is 5.95. The summed E-state index contributed by atoms with van der Waals surface area (Å²) in [6.07, 6.45) is 6.74. The van der Waals surface area contributed by atoms with E-state index in [-0.39, 0.29) is 35.1 Å². The van der Waals surface area contributed by atoms with Crippen LogP contribution in [0.15, 0.2) is 24.5 Å². The smallest absolute Gasteiger partial charge is 0.226 e. The molecule has 2 aliphatic rings. The summed E-state index contributed by atoms with van der Waals surface area (Å²) >= 11 is 0. The molecule has 5 heteroatoms. The minimum Gasteiger partial charge on any atom is -0.369 e. The van der Waals surface area contributed by atoms with Gasteiger partial charge in [0.15, 0.2) is 0 Å². The van der Waals surface area contributed by atoms with Crippen LogP contribution in [0.1, 0.15) is 51.1 Å². The minimum absolute atomic E-state index is 0.0643. The van der Waals surface area contributed by atoms with Crippen molar-refractivity contribution in [2.45, 2.75) is 45.6 Å². The lowest BCUT2D eigenvalue weighted by molar-refractivity contribution is -0.158. The van der Waals surface area contributed by atoms with E-state index in [1.807, 2.05) is 17.0 Å². The van der Waals surface area contributed by atoms with Crippen molar-refractivity contribution in [3.05, 3.63) is 30.1 Å². The van der Waals surface area contributed by atoms with Gasteiger partial charge in [-0.15, -0.1) is 0 Å². The molecular formula is C18H25N3O2. The third kappa shape index (κ3) is 2.96. The summed E-state index contributed by atoms with van der Waals surface area (Å²) in [6, 6.07) is 4.06. The van der Waals surface area contributed by atoms with Gasteiger partial charge < -0.3 is 10.6 Å². The van der Waals surface area contributed by atoms with Crippen LogP contribution in [0.5, 0.6) is 0 Å². The lowest BCUT2D eigenvalue weighted by Crippen LogP contribution is -2.59. The van der Waals surface area contributed by atoms with Crippen molar-refractivity contribution in [2.75, 3.05) is 6.54 Å². The Morgan fingerprint density at radius 2 is 1.87 bits per heavy atom. The number of amides is 2. The Kier molecular flexibility index (Phi) is 4.13. The van der Waals surface area contributed by atoms with Crippen LogP contribution in [0.3, 0.4) is 0 Å². The van der Waals surface area contributed by atoms with E-state index in [9.17, 15) is 9.59 Å². The quantitative estimate of drug-likeness (QED) is 0.929. The van der Waals surface area contributed by atoms with Crippen molar-refractivity contribution in [1.29, 1.82) is 0 Å². The minimum atomic E-state index is -0.267. The number of aromatic nitrogens is 1. The summed E-state index contributed by atoms with van der Waals surface area (Å²) in [5, 5.41) is 0. The van der Waals surface area contributed by atoms with E-state index in [0.29, 0.717) is 6.42 Å². The van der Waals surface area contributed by atoms with Crippen LogP contribution >= 0.6 is 0 Å². The van der Waals surface area contributed by atoms with Crippen molar-refractivity contribution >= 4 is 11.8 Å². The number of carbonyl (C=O) groups is 2. The van der Waals surface area contributed by atoms with Gasteiger partial charge in [0, 0.05) is 36.2 Å². The largest absolute Gasteiger partial charge is 0.369 e. The van der Waals surface area contributed by atoms with Crippen LogP contribution in [0.25, 0.3) is 0 Å². The molecule has 23 heavy (non-hydrogen) atoms. The first-order valence-corrected chi connectivity index (χ1v) is 8.40. The van der Waals surface area contributed by atoms with E-state index < -0.39 is 0 Å². The summed E-state index contributed by atoms with van der Waals surface area (Å²) < 4.78 is 0. The van der Waals surface area contributed by atoms with E-state index in [1.54, 1.807) is 12.4 Å². The van der Waals surface area contributed by atoms with Gasteiger partial charge in [-0.05, 0) is 37.0 Å². The number of hydrogen-bond acceptors (Lipinski definition) is 3. The molecule has 124 valence electrons. The number of nitrogens with two attached hydrogens (primary N) is 1. The van der Waals surface area contributed by atoms with Gasteiger partial charge in [0.2, 0.25) is 11.8 Å². The zero-order chi connectivity index (χ0) is 16.6. The van der Waals surface area contributed by atoms with E-state index >= 15 is 0 Å². The number of rotatable bonds is 3. The number of carbonyl (C=O) groups excluding carboxylic acids is 2. The average molecular weight is 315 g/mol. The monoisotopic (exact) mass is 315 g/mol. The molecule has 5 nitrogen and oxygen atoms in total. The number of likely N-dealkylation sites (tertiary alicyclic amines) is 1. The van der Waals surface area contributed by atoms with E-state index in [2.05, 4.69) is 18.8 Å². The molecule has 1 aliphatic heterocycles. The Morgan fingerprint density at radius 1 is 1.22 bits per heavy atom. The van der Waals surface area contributed by atoms with E-state index in [4.69, 9.17) is 5.73 Å². The van der Waals surface area contributed by atoms with Gasteiger partial charge in [-0.25, -0.2) is 0 Å². The first-order chi connectivity index (χ1) is 10.9. The third-order valence-electron chi connectivity index (χ3n) is 5.36. The Morgan fingerprint density at radius 3 is 2.48 bits per heavy atom. The Labute approximate surface area is 137 Å². The van der Waals surface area contributed by atoms with Crippen LogP contribution in [0.4, 0.5) is 0 Å². The summed E-state index contributed by atoms with van der Waals surface area (Å²) in [5.41, 5.74) is 6.64. The lowest BCUT2D eigenvalue weighted by atomic mass is 9.70. The molecule has 0 spiro atoms. The molecule has 3 unspecified atom stereocenters. The maximum Gasteiger partial charge on any atom is 0.226 e. The van der Waals surface area contributed by atoms with Gasteiger partial charge in [-0.3, -0.25) is 14.6 Å². The highest BCUT2D eigenvalue weighted by Crippen LogP contribution is 2.49. The summed E-state index contributed by atoms with van der Waals surface area (Å²) in [6.45, 7) is 5.14.